The van der Waals surface area contributed by atoms with Gasteiger partial charge in [-0.25, -0.2) is 0 Å². The number of carbonyl (C=O) groups excluding carboxylic acids is 1. The quantitative estimate of drug-likeness (QED) is 0.778. The molecule has 0 spiro atoms. The van der Waals surface area contributed by atoms with Crippen LogP contribution in [-0.4, -0.2) is 18.3 Å². The number of rotatable bonds is 4. The predicted octanol–water partition coefficient (Wildman–Crippen LogP) is 2.90. The van der Waals surface area contributed by atoms with Crippen LogP contribution < -0.4 is 4.90 Å². The van der Waals surface area contributed by atoms with Crippen molar-refractivity contribution in [1.82, 2.24) is 4.98 Å². The van der Waals surface area contributed by atoms with Gasteiger partial charge < -0.3 is 4.90 Å². The molecule has 0 N–H and O–H groups in total. The molecule has 88 valence electrons. The van der Waals surface area contributed by atoms with Gasteiger partial charge in [0.15, 0.2) is 6.29 Å². The van der Waals surface area contributed by atoms with Gasteiger partial charge in [-0.2, -0.15) is 0 Å². The van der Waals surface area contributed by atoms with Crippen molar-refractivity contribution < 1.29 is 4.79 Å². The summed E-state index contributed by atoms with van der Waals surface area (Å²) in [4.78, 5) is 17.9. The van der Waals surface area contributed by atoms with Gasteiger partial charge in [-0.15, -0.1) is 11.3 Å². The number of aldehydes is 1. The number of aromatic nitrogens is 1. The zero-order valence-corrected chi connectivity index (χ0v) is 10.7. The Bertz CT molecular complexity index is 522. The third-order valence-corrected chi connectivity index (χ3v) is 3.35. The van der Waals surface area contributed by atoms with Crippen LogP contribution in [0.2, 0.25) is 0 Å². The van der Waals surface area contributed by atoms with Crippen molar-refractivity contribution in [2.45, 2.75) is 13.5 Å². The number of hydrogen-bond acceptors (Lipinski definition) is 4. The van der Waals surface area contributed by atoms with E-state index in [9.17, 15) is 4.79 Å². The number of hydrogen-bond donors (Lipinski definition) is 0. The van der Waals surface area contributed by atoms with Crippen molar-refractivity contribution in [3.8, 4) is 0 Å². The lowest BCUT2D eigenvalue weighted by Crippen LogP contribution is -2.16. The van der Waals surface area contributed by atoms with Crippen LogP contribution in [0.1, 0.15) is 21.1 Å². The predicted molar refractivity (Wildman–Crippen MR) is 70.8 cm³/mol. The topological polar surface area (TPSA) is 33.2 Å². The summed E-state index contributed by atoms with van der Waals surface area (Å²) >= 11 is 1.46. The van der Waals surface area contributed by atoms with Crippen molar-refractivity contribution in [2.75, 3.05) is 11.9 Å². The molecule has 0 radical (unpaired) electrons. The van der Waals surface area contributed by atoms with Crippen LogP contribution in [0.5, 0.6) is 0 Å². The van der Waals surface area contributed by atoms with Crippen molar-refractivity contribution >= 4 is 23.3 Å². The summed E-state index contributed by atoms with van der Waals surface area (Å²) in [5.74, 6) is 0. The molecule has 0 amide bonds. The van der Waals surface area contributed by atoms with E-state index < -0.39 is 0 Å². The zero-order chi connectivity index (χ0) is 12.3. The molecule has 0 unspecified atom stereocenters. The molecule has 2 heterocycles. The lowest BCUT2D eigenvalue weighted by molar-refractivity contribution is 0.112. The molecular formula is C13H14N2OS. The lowest BCUT2D eigenvalue weighted by atomic mass is 10.3. The Hall–Kier alpha value is -1.68. The Balaban J connectivity index is 2.10. The maximum atomic E-state index is 10.6. The molecule has 0 aliphatic carbocycles. The molecule has 0 fully saturated rings. The van der Waals surface area contributed by atoms with Crippen molar-refractivity contribution in [2.24, 2.45) is 0 Å². The van der Waals surface area contributed by atoms with Crippen LogP contribution in [0.15, 0.2) is 29.6 Å². The fraction of sp³-hybridized carbons (Fsp3) is 0.231. The number of anilines is 1. The number of aryl methyl sites for hydroxylation is 1. The minimum absolute atomic E-state index is 0.747. The highest BCUT2D eigenvalue weighted by Gasteiger charge is 2.06. The molecule has 3 nitrogen and oxygen atoms in total. The molecule has 17 heavy (non-hydrogen) atoms. The Morgan fingerprint density at radius 3 is 2.94 bits per heavy atom. The van der Waals surface area contributed by atoms with Gasteiger partial charge in [0, 0.05) is 23.8 Å². The fourth-order valence-corrected chi connectivity index (χ4v) is 2.38. The van der Waals surface area contributed by atoms with Crippen LogP contribution in [0.4, 0.5) is 5.69 Å². The normalized spacial score (nSPS) is 10.2. The fourth-order valence-electron chi connectivity index (χ4n) is 1.63. The molecule has 2 rings (SSSR count). The first-order valence-corrected chi connectivity index (χ1v) is 6.24. The first-order valence-electron chi connectivity index (χ1n) is 5.36. The Labute approximate surface area is 105 Å². The van der Waals surface area contributed by atoms with Gasteiger partial charge in [0.25, 0.3) is 0 Å². The number of carbonyl (C=O) groups is 1. The summed E-state index contributed by atoms with van der Waals surface area (Å²) < 4.78 is 0. The van der Waals surface area contributed by atoms with E-state index in [4.69, 9.17) is 0 Å². The Morgan fingerprint density at radius 2 is 2.29 bits per heavy atom. The van der Waals surface area contributed by atoms with Gasteiger partial charge >= 0.3 is 0 Å². The summed E-state index contributed by atoms with van der Waals surface area (Å²) in [5.41, 5.74) is 3.11. The zero-order valence-electron chi connectivity index (χ0n) is 9.88. The smallest absolute Gasteiger partial charge is 0.160 e. The van der Waals surface area contributed by atoms with E-state index in [1.807, 2.05) is 43.6 Å². The van der Waals surface area contributed by atoms with E-state index in [1.165, 1.54) is 11.3 Å². The van der Waals surface area contributed by atoms with E-state index in [2.05, 4.69) is 9.88 Å². The average Bonchev–Trinajstić information content (AvgIpc) is 2.77. The molecule has 0 atom stereocenters. The van der Waals surface area contributed by atoms with Crippen LogP contribution in [0.3, 0.4) is 0 Å². The molecule has 4 heteroatoms. The van der Waals surface area contributed by atoms with Crippen LogP contribution in [0, 0.1) is 6.92 Å². The van der Waals surface area contributed by atoms with E-state index in [-0.39, 0.29) is 0 Å². The molecule has 2 aromatic heterocycles. The second kappa shape index (κ2) is 5.10. The highest BCUT2D eigenvalue weighted by atomic mass is 32.1. The van der Waals surface area contributed by atoms with E-state index in [0.717, 1.165) is 34.8 Å². The van der Waals surface area contributed by atoms with Crippen LogP contribution in [-0.2, 0) is 6.54 Å². The van der Waals surface area contributed by atoms with Crippen molar-refractivity contribution in [1.29, 1.82) is 0 Å². The Morgan fingerprint density at radius 1 is 1.47 bits per heavy atom. The molecular weight excluding hydrogens is 232 g/mol. The van der Waals surface area contributed by atoms with E-state index >= 15 is 0 Å². The molecule has 0 aliphatic rings. The summed E-state index contributed by atoms with van der Waals surface area (Å²) in [6.45, 7) is 2.73. The minimum Gasteiger partial charge on any atom is -0.368 e. The maximum Gasteiger partial charge on any atom is 0.160 e. The lowest BCUT2D eigenvalue weighted by Gasteiger charge is -2.16. The second-order valence-electron chi connectivity index (χ2n) is 3.95. The second-order valence-corrected chi connectivity index (χ2v) is 4.89. The number of pyridine rings is 1. The summed E-state index contributed by atoms with van der Waals surface area (Å²) in [7, 11) is 2.00. The molecule has 0 bridgehead atoms. The molecule has 0 saturated carbocycles. The third-order valence-electron chi connectivity index (χ3n) is 2.51. The third kappa shape index (κ3) is 2.91. The number of thiophene rings is 1. The van der Waals surface area contributed by atoms with E-state index in [1.54, 1.807) is 0 Å². The van der Waals surface area contributed by atoms with Crippen LogP contribution >= 0.6 is 11.3 Å². The first kappa shape index (κ1) is 11.8. The SMILES string of the molecule is Cc1cccc(CN(C)c2csc(C=O)c2)n1. The molecule has 2 aromatic rings. The van der Waals surface area contributed by atoms with Gasteiger partial charge in [0.1, 0.15) is 0 Å². The van der Waals surface area contributed by atoms with Gasteiger partial charge in [-0.1, -0.05) is 6.07 Å². The largest absolute Gasteiger partial charge is 0.368 e. The first-order chi connectivity index (χ1) is 8.19. The molecule has 0 saturated heterocycles. The summed E-state index contributed by atoms with van der Waals surface area (Å²) in [5, 5.41) is 1.99. The summed E-state index contributed by atoms with van der Waals surface area (Å²) in [6.07, 6.45) is 0.882. The highest BCUT2D eigenvalue weighted by molar-refractivity contribution is 7.12. The van der Waals surface area contributed by atoms with Gasteiger partial charge in [-0.05, 0) is 25.1 Å². The van der Waals surface area contributed by atoms with E-state index in [0.29, 0.717) is 0 Å². The summed E-state index contributed by atoms with van der Waals surface area (Å²) in [6, 6.07) is 7.90. The molecule has 0 aromatic carbocycles. The van der Waals surface area contributed by atoms with Gasteiger partial charge in [0.2, 0.25) is 0 Å². The highest BCUT2D eigenvalue weighted by Crippen LogP contribution is 2.22. The van der Waals surface area contributed by atoms with Crippen molar-refractivity contribution in [3.05, 3.63) is 45.9 Å². The maximum absolute atomic E-state index is 10.6. The van der Waals surface area contributed by atoms with Crippen molar-refractivity contribution in [3.63, 3.8) is 0 Å². The Kier molecular flexibility index (Phi) is 3.54. The number of nitrogens with zero attached hydrogens (tertiary/aromatic N) is 2. The minimum atomic E-state index is 0.747. The molecule has 0 aliphatic heterocycles. The average molecular weight is 246 g/mol. The van der Waals surface area contributed by atoms with Crippen LogP contribution in [0.25, 0.3) is 0 Å². The standard InChI is InChI=1S/C13H14N2OS/c1-10-4-3-5-11(14-10)7-15(2)12-6-13(8-16)17-9-12/h3-6,8-9H,7H2,1-2H3. The van der Waals surface area contributed by atoms with Gasteiger partial charge in [0.05, 0.1) is 17.1 Å². The monoisotopic (exact) mass is 246 g/mol. The van der Waals surface area contributed by atoms with Gasteiger partial charge in [-0.3, -0.25) is 9.78 Å².